The summed E-state index contributed by atoms with van der Waals surface area (Å²) >= 11 is 3.28. The van der Waals surface area contributed by atoms with Gasteiger partial charge in [-0.2, -0.15) is 5.10 Å². The second-order valence-corrected chi connectivity index (χ2v) is 3.91. The molecule has 2 rings (SSSR count). The van der Waals surface area contributed by atoms with Gasteiger partial charge in [0.25, 0.3) is 0 Å². The first-order valence-electron chi connectivity index (χ1n) is 4.66. The van der Waals surface area contributed by atoms with Crippen molar-refractivity contribution in [2.24, 2.45) is 0 Å². The Hall–Kier alpha value is -0.840. The van der Waals surface area contributed by atoms with Crippen molar-refractivity contribution >= 4 is 21.9 Å². The molecule has 0 amide bonds. The van der Waals surface area contributed by atoms with Gasteiger partial charge in [0.05, 0.1) is 12.3 Å². The highest BCUT2D eigenvalue weighted by Crippen LogP contribution is 2.26. The summed E-state index contributed by atoms with van der Waals surface area (Å²) < 4.78 is 7.44. The number of rotatable bonds is 2. The molecule has 0 aromatic carbocycles. The standard InChI is InChI=1S/C9H11BrN2O2/c1-2-14-9(13)7-6-4-3-5-12(6)11-8(7)10/h2-5H2,1H3. The zero-order valence-electron chi connectivity index (χ0n) is 7.92. The van der Waals surface area contributed by atoms with Gasteiger partial charge in [0.2, 0.25) is 0 Å². The third-order valence-corrected chi connectivity index (χ3v) is 2.83. The van der Waals surface area contributed by atoms with Crippen molar-refractivity contribution in [3.8, 4) is 0 Å². The molecule has 0 N–H and O–H groups in total. The number of carbonyl (C=O) groups is 1. The van der Waals surface area contributed by atoms with Gasteiger partial charge in [-0.25, -0.2) is 4.79 Å². The molecule has 1 aromatic rings. The van der Waals surface area contributed by atoms with Gasteiger partial charge in [-0.1, -0.05) is 0 Å². The predicted octanol–water partition coefficient (Wildman–Crippen LogP) is 1.77. The van der Waals surface area contributed by atoms with E-state index in [2.05, 4.69) is 21.0 Å². The summed E-state index contributed by atoms with van der Waals surface area (Å²) in [5.41, 5.74) is 1.60. The lowest BCUT2D eigenvalue weighted by Gasteiger charge is -2.00. The van der Waals surface area contributed by atoms with Gasteiger partial charge in [-0.05, 0) is 35.7 Å². The first kappa shape index (κ1) is 9.71. The number of carbonyl (C=O) groups excluding carboxylic acids is 1. The van der Waals surface area contributed by atoms with Gasteiger partial charge in [0, 0.05) is 6.54 Å². The van der Waals surface area contributed by atoms with Crippen molar-refractivity contribution in [2.75, 3.05) is 6.61 Å². The van der Waals surface area contributed by atoms with E-state index in [1.165, 1.54) is 0 Å². The van der Waals surface area contributed by atoms with Gasteiger partial charge >= 0.3 is 5.97 Å². The van der Waals surface area contributed by atoms with Crippen LogP contribution in [0.15, 0.2) is 4.60 Å². The molecule has 0 aliphatic carbocycles. The van der Waals surface area contributed by atoms with E-state index in [4.69, 9.17) is 4.74 Å². The molecule has 1 aliphatic rings. The van der Waals surface area contributed by atoms with E-state index in [9.17, 15) is 4.79 Å². The molecule has 4 nitrogen and oxygen atoms in total. The zero-order chi connectivity index (χ0) is 10.1. The molecule has 0 atom stereocenters. The molecule has 0 spiro atoms. The SMILES string of the molecule is CCOC(=O)c1c(Br)nn2c1CCC2. The summed E-state index contributed by atoms with van der Waals surface area (Å²) in [6.07, 6.45) is 1.97. The quantitative estimate of drug-likeness (QED) is 0.760. The van der Waals surface area contributed by atoms with Crippen LogP contribution in [-0.2, 0) is 17.7 Å². The van der Waals surface area contributed by atoms with E-state index in [0.29, 0.717) is 16.8 Å². The van der Waals surface area contributed by atoms with Crippen molar-refractivity contribution in [3.05, 3.63) is 15.9 Å². The normalized spacial score (nSPS) is 14.1. The average molecular weight is 259 g/mol. The second-order valence-electron chi connectivity index (χ2n) is 3.16. The molecule has 2 heterocycles. The van der Waals surface area contributed by atoms with Crippen LogP contribution in [0.5, 0.6) is 0 Å². The van der Waals surface area contributed by atoms with E-state index in [-0.39, 0.29) is 5.97 Å². The minimum atomic E-state index is -0.275. The van der Waals surface area contributed by atoms with E-state index >= 15 is 0 Å². The maximum absolute atomic E-state index is 11.6. The Morgan fingerprint density at radius 1 is 1.71 bits per heavy atom. The third-order valence-electron chi connectivity index (χ3n) is 2.28. The van der Waals surface area contributed by atoms with Crippen molar-refractivity contribution in [2.45, 2.75) is 26.3 Å². The summed E-state index contributed by atoms with van der Waals surface area (Å²) in [6, 6.07) is 0. The Morgan fingerprint density at radius 2 is 2.50 bits per heavy atom. The Kier molecular flexibility index (Phi) is 2.58. The maximum Gasteiger partial charge on any atom is 0.342 e. The van der Waals surface area contributed by atoms with Crippen LogP contribution in [0, 0.1) is 0 Å². The van der Waals surface area contributed by atoms with Gasteiger partial charge in [-0.3, -0.25) is 4.68 Å². The van der Waals surface area contributed by atoms with Crippen LogP contribution >= 0.6 is 15.9 Å². The summed E-state index contributed by atoms with van der Waals surface area (Å²) in [5, 5.41) is 4.23. The number of hydrogen-bond donors (Lipinski definition) is 0. The smallest absolute Gasteiger partial charge is 0.342 e. The Bertz CT molecular complexity index is 373. The monoisotopic (exact) mass is 258 g/mol. The van der Waals surface area contributed by atoms with Crippen molar-refractivity contribution in [1.82, 2.24) is 9.78 Å². The Morgan fingerprint density at radius 3 is 3.21 bits per heavy atom. The summed E-state index contributed by atoms with van der Waals surface area (Å²) in [5.74, 6) is -0.275. The summed E-state index contributed by atoms with van der Waals surface area (Å²) in [4.78, 5) is 11.6. The summed E-state index contributed by atoms with van der Waals surface area (Å²) in [6.45, 7) is 3.10. The van der Waals surface area contributed by atoms with Crippen LogP contribution in [0.25, 0.3) is 0 Å². The highest BCUT2D eigenvalue weighted by atomic mass is 79.9. The summed E-state index contributed by atoms with van der Waals surface area (Å²) in [7, 11) is 0. The van der Waals surface area contributed by atoms with Crippen LogP contribution in [-0.4, -0.2) is 22.4 Å². The number of aryl methyl sites for hydroxylation is 1. The minimum Gasteiger partial charge on any atom is -0.462 e. The molecule has 0 bridgehead atoms. The molecule has 14 heavy (non-hydrogen) atoms. The number of hydrogen-bond acceptors (Lipinski definition) is 3. The second kappa shape index (κ2) is 3.73. The molecule has 0 saturated heterocycles. The molecule has 0 radical (unpaired) electrons. The fourth-order valence-electron chi connectivity index (χ4n) is 1.71. The van der Waals surface area contributed by atoms with Crippen LogP contribution in [0.4, 0.5) is 0 Å². The molecule has 0 unspecified atom stereocenters. The van der Waals surface area contributed by atoms with Gasteiger partial charge in [-0.15, -0.1) is 0 Å². The third kappa shape index (κ3) is 1.45. The molecular formula is C9H11BrN2O2. The van der Waals surface area contributed by atoms with Crippen LogP contribution in [0.1, 0.15) is 29.4 Å². The van der Waals surface area contributed by atoms with Gasteiger partial charge in [0.1, 0.15) is 10.2 Å². The molecule has 5 heteroatoms. The topological polar surface area (TPSA) is 44.1 Å². The van der Waals surface area contributed by atoms with Crippen molar-refractivity contribution < 1.29 is 9.53 Å². The lowest BCUT2D eigenvalue weighted by molar-refractivity contribution is 0.0524. The molecule has 1 aromatic heterocycles. The highest BCUT2D eigenvalue weighted by molar-refractivity contribution is 9.10. The maximum atomic E-state index is 11.6. The largest absolute Gasteiger partial charge is 0.462 e. The number of ether oxygens (including phenoxy) is 1. The van der Waals surface area contributed by atoms with E-state index < -0.39 is 0 Å². The van der Waals surface area contributed by atoms with Crippen LogP contribution in [0.2, 0.25) is 0 Å². The number of halogens is 1. The Labute approximate surface area is 90.4 Å². The number of esters is 1. The molecule has 0 fully saturated rings. The van der Waals surface area contributed by atoms with Crippen molar-refractivity contribution in [3.63, 3.8) is 0 Å². The molecular weight excluding hydrogens is 248 g/mol. The fraction of sp³-hybridized carbons (Fsp3) is 0.556. The first-order chi connectivity index (χ1) is 6.74. The predicted molar refractivity (Wildman–Crippen MR) is 54.2 cm³/mol. The fourth-order valence-corrected chi connectivity index (χ4v) is 2.29. The number of fused-ring (bicyclic) bond motifs is 1. The number of aromatic nitrogens is 2. The van der Waals surface area contributed by atoms with Crippen LogP contribution < -0.4 is 0 Å². The molecule has 1 aliphatic heterocycles. The van der Waals surface area contributed by atoms with E-state index in [1.807, 2.05) is 4.68 Å². The zero-order valence-corrected chi connectivity index (χ0v) is 9.50. The first-order valence-corrected chi connectivity index (χ1v) is 5.45. The minimum absolute atomic E-state index is 0.275. The average Bonchev–Trinajstić information content (AvgIpc) is 2.63. The van der Waals surface area contributed by atoms with E-state index in [0.717, 1.165) is 25.1 Å². The van der Waals surface area contributed by atoms with E-state index in [1.54, 1.807) is 6.92 Å². The van der Waals surface area contributed by atoms with Gasteiger partial charge < -0.3 is 4.74 Å². The van der Waals surface area contributed by atoms with Gasteiger partial charge in [0.15, 0.2) is 0 Å². The number of nitrogens with zero attached hydrogens (tertiary/aromatic N) is 2. The highest BCUT2D eigenvalue weighted by Gasteiger charge is 2.25. The van der Waals surface area contributed by atoms with Crippen LogP contribution in [0.3, 0.4) is 0 Å². The van der Waals surface area contributed by atoms with Crippen molar-refractivity contribution in [1.29, 1.82) is 0 Å². The Balaban J connectivity index is 2.37. The molecule has 76 valence electrons. The molecule has 0 saturated carbocycles. The lowest BCUT2D eigenvalue weighted by Crippen LogP contribution is -2.07. The lowest BCUT2D eigenvalue weighted by atomic mass is 10.2.